The lowest BCUT2D eigenvalue weighted by Gasteiger charge is -2.13. The van der Waals surface area contributed by atoms with Gasteiger partial charge in [-0.2, -0.15) is 4.99 Å². The number of benzene rings is 1. The molecule has 0 saturated carbocycles. The smallest absolute Gasteiger partial charge is 0.303 e. The number of amidine groups is 2. The van der Waals surface area contributed by atoms with Crippen LogP contribution in [0.3, 0.4) is 0 Å². The summed E-state index contributed by atoms with van der Waals surface area (Å²) in [5.74, 6) is 0.158. The number of rotatable bonds is 5. The van der Waals surface area contributed by atoms with Gasteiger partial charge in [0, 0.05) is 11.4 Å². The highest BCUT2D eigenvalue weighted by atomic mass is 16.5. The van der Waals surface area contributed by atoms with E-state index in [1.165, 1.54) is 20.1 Å². The van der Waals surface area contributed by atoms with E-state index >= 15 is 0 Å². The summed E-state index contributed by atoms with van der Waals surface area (Å²) in [4.78, 5) is 31.3. The van der Waals surface area contributed by atoms with Gasteiger partial charge in [-0.05, 0) is 43.3 Å². The molecule has 0 bridgehead atoms. The van der Waals surface area contributed by atoms with E-state index in [2.05, 4.69) is 30.7 Å². The highest BCUT2D eigenvalue weighted by molar-refractivity contribution is 6.69. The van der Waals surface area contributed by atoms with Crippen LogP contribution in [-0.2, 0) is 9.59 Å². The molecule has 2 aliphatic rings. The van der Waals surface area contributed by atoms with E-state index in [1.807, 2.05) is 0 Å². The molecule has 0 saturated heterocycles. The van der Waals surface area contributed by atoms with E-state index in [1.54, 1.807) is 25.1 Å². The van der Waals surface area contributed by atoms with Crippen LogP contribution >= 0.6 is 0 Å². The topological polar surface area (TPSA) is 117 Å². The molecule has 0 unspecified atom stereocenters. The number of ketones is 1. The van der Waals surface area contributed by atoms with Gasteiger partial charge in [-0.3, -0.25) is 9.59 Å². The molecule has 0 aliphatic carbocycles. The Bertz CT molecular complexity index is 924. The second-order valence-electron chi connectivity index (χ2n) is 5.29. The molecule has 9 nitrogen and oxygen atoms in total. The molecule has 3 rings (SSSR count). The van der Waals surface area contributed by atoms with Crippen molar-refractivity contribution < 1.29 is 14.3 Å². The number of nitrogens with zero attached hydrogens (tertiary/aromatic N) is 5. The van der Waals surface area contributed by atoms with E-state index in [-0.39, 0.29) is 23.2 Å². The number of carbonyl (C=O) groups excluding carboxylic acids is 2. The van der Waals surface area contributed by atoms with Gasteiger partial charge < -0.3 is 10.1 Å². The van der Waals surface area contributed by atoms with E-state index in [9.17, 15) is 9.59 Å². The largest absolute Gasteiger partial charge is 0.496 e. The number of carbonyl (C=O) groups is 2. The molecule has 1 amide bonds. The van der Waals surface area contributed by atoms with Crippen LogP contribution in [0.4, 0.5) is 5.69 Å². The lowest BCUT2D eigenvalue weighted by molar-refractivity contribution is -0.113. The van der Waals surface area contributed by atoms with Gasteiger partial charge in [0.05, 0.1) is 12.7 Å². The number of hydrogen-bond donors (Lipinski definition) is 1. The Labute approximate surface area is 142 Å². The number of ether oxygens (including phenoxy) is 1. The first-order valence-corrected chi connectivity index (χ1v) is 7.33. The number of amides is 1. The van der Waals surface area contributed by atoms with E-state index in [0.717, 1.165) is 0 Å². The van der Waals surface area contributed by atoms with Crippen molar-refractivity contribution in [2.24, 2.45) is 25.4 Å². The number of methoxy groups -OCH3 is 1. The number of anilines is 1. The van der Waals surface area contributed by atoms with Gasteiger partial charge in [-0.25, -0.2) is 4.99 Å². The molecule has 0 atom stereocenters. The average molecular weight is 338 g/mol. The zero-order valence-corrected chi connectivity index (χ0v) is 13.8. The van der Waals surface area contributed by atoms with Crippen LogP contribution in [0.2, 0.25) is 0 Å². The number of fused-ring (bicyclic) bond motifs is 1. The summed E-state index contributed by atoms with van der Waals surface area (Å²) in [6.07, 6.45) is 1.48. The van der Waals surface area contributed by atoms with Gasteiger partial charge in [0.15, 0.2) is 11.6 Å². The molecule has 0 radical (unpaired) electrons. The third kappa shape index (κ3) is 3.39. The average Bonchev–Trinajstić information content (AvgIpc) is 3.03. The second kappa shape index (κ2) is 6.56. The molecule has 126 valence electrons. The van der Waals surface area contributed by atoms with Gasteiger partial charge in [-0.15, -0.1) is 10.2 Å². The molecular formula is C16H14N6O3. The number of nitrogens with one attached hydrogen (secondary N) is 1. The third-order valence-corrected chi connectivity index (χ3v) is 3.32. The maximum absolute atomic E-state index is 12.0. The van der Waals surface area contributed by atoms with Crippen LogP contribution in [0.5, 0.6) is 5.75 Å². The first-order chi connectivity index (χ1) is 12.0. The van der Waals surface area contributed by atoms with Gasteiger partial charge in [0.1, 0.15) is 5.75 Å². The Balaban J connectivity index is 1.99. The van der Waals surface area contributed by atoms with Gasteiger partial charge in [0.2, 0.25) is 11.5 Å². The SMILES string of the molecule is COc1ccc(N/C(C)=C/C(C)=O)cc1C1=NC(=O)C2=NN=NC2=N1. The van der Waals surface area contributed by atoms with Crippen molar-refractivity contribution in [3.8, 4) is 5.75 Å². The van der Waals surface area contributed by atoms with E-state index in [0.29, 0.717) is 22.7 Å². The lowest BCUT2D eigenvalue weighted by atomic mass is 10.1. The van der Waals surface area contributed by atoms with Crippen LogP contribution in [0, 0.1) is 0 Å². The summed E-state index contributed by atoms with van der Waals surface area (Å²) in [6, 6.07) is 5.21. The van der Waals surface area contributed by atoms with Crippen molar-refractivity contribution in [2.75, 3.05) is 12.4 Å². The third-order valence-electron chi connectivity index (χ3n) is 3.32. The Morgan fingerprint density at radius 3 is 2.72 bits per heavy atom. The molecule has 2 aliphatic heterocycles. The molecule has 0 aromatic heterocycles. The predicted molar refractivity (Wildman–Crippen MR) is 92.3 cm³/mol. The zero-order chi connectivity index (χ0) is 18.0. The van der Waals surface area contributed by atoms with Crippen LogP contribution in [0.1, 0.15) is 19.4 Å². The molecule has 0 spiro atoms. The fraction of sp³-hybridized carbons (Fsp3) is 0.188. The fourth-order valence-electron chi connectivity index (χ4n) is 2.34. The van der Waals surface area contributed by atoms with Crippen molar-refractivity contribution in [3.05, 3.63) is 35.5 Å². The molecular weight excluding hydrogens is 324 g/mol. The van der Waals surface area contributed by atoms with Crippen LogP contribution in [-0.4, -0.2) is 36.2 Å². The normalized spacial score (nSPS) is 16.0. The quantitative estimate of drug-likeness (QED) is 0.827. The molecule has 1 N–H and O–H groups in total. The highest BCUT2D eigenvalue weighted by Crippen LogP contribution is 2.26. The Hall–Kier alpha value is -3.49. The summed E-state index contributed by atoms with van der Waals surface area (Å²) in [6.45, 7) is 3.24. The van der Waals surface area contributed by atoms with Gasteiger partial charge in [-0.1, -0.05) is 0 Å². The van der Waals surface area contributed by atoms with Crippen LogP contribution < -0.4 is 10.1 Å². The summed E-state index contributed by atoms with van der Waals surface area (Å²) in [5.41, 5.74) is 1.90. The van der Waals surface area contributed by atoms with Crippen molar-refractivity contribution in [2.45, 2.75) is 13.8 Å². The second-order valence-corrected chi connectivity index (χ2v) is 5.29. The minimum absolute atomic E-state index is 0.0252. The first kappa shape index (κ1) is 16.4. The molecule has 1 aromatic rings. The molecule has 9 heteroatoms. The minimum atomic E-state index is -0.557. The number of allylic oxidation sites excluding steroid dienone is 2. The maximum Gasteiger partial charge on any atom is 0.303 e. The van der Waals surface area contributed by atoms with Gasteiger partial charge in [0.25, 0.3) is 0 Å². The van der Waals surface area contributed by atoms with Crippen LogP contribution in [0.15, 0.2) is 55.4 Å². The van der Waals surface area contributed by atoms with Crippen molar-refractivity contribution in [3.63, 3.8) is 0 Å². The monoisotopic (exact) mass is 338 g/mol. The highest BCUT2D eigenvalue weighted by Gasteiger charge is 2.29. The van der Waals surface area contributed by atoms with Crippen LogP contribution in [0.25, 0.3) is 0 Å². The summed E-state index contributed by atoms with van der Waals surface area (Å²) in [5, 5.41) is 13.8. The summed E-state index contributed by atoms with van der Waals surface area (Å²) in [7, 11) is 1.51. The Morgan fingerprint density at radius 1 is 1.20 bits per heavy atom. The van der Waals surface area contributed by atoms with Crippen molar-refractivity contribution in [1.82, 2.24) is 0 Å². The summed E-state index contributed by atoms with van der Waals surface area (Å²) < 4.78 is 5.33. The van der Waals surface area contributed by atoms with Crippen molar-refractivity contribution >= 4 is 34.8 Å². The standard InChI is InChI=1S/C16H14N6O3/c1-8(6-9(2)23)17-10-4-5-12(25-3)11(7-10)14-18-15-13(16(24)19-14)20-22-21-15/h4-7,17H,1-3H3/b8-6+. The number of aliphatic imine (C=N–C) groups is 2. The van der Waals surface area contributed by atoms with E-state index < -0.39 is 5.91 Å². The molecule has 0 fully saturated rings. The zero-order valence-electron chi connectivity index (χ0n) is 13.8. The minimum Gasteiger partial charge on any atom is -0.496 e. The number of hydrogen-bond acceptors (Lipinski definition) is 8. The lowest BCUT2D eigenvalue weighted by Crippen LogP contribution is -2.26. The Morgan fingerprint density at radius 2 is 2.00 bits per heavy atom. The first-order valence-electron chi connectivity index (χ1n) is 7.33. The summed E-state index contributed by atoms with van der Waals surface area (Å²) >= 11 is 0. The predicted octanol–water partition coefficient (Wildman–Crippen LogP) is 2.11. The Kier molecular flexibility index (Phi) is 4.29. The maximum atomic E-state index is 12.0. The van der Waals surface area contributed by atoms with E-state index in [4.69, 9.17) is 4.74 Å². The molecule has 2 heterocycles. The fourth-order valence-corrected chi connectivity index (χ4v) is 2.34. The van der Waals surface area contributed by atoms with Crippen molar-refractivity contribution in [1.29, 1.82) is 0 Å². The van der Waals surface area contributed by atoms with Gasteiger partial charge >= 0.3 is 5.91 Å². The molecule has 1 aromatic carbocycles. The molecule has 25 heavy (non-hydrogen) atoms.